The molecule has 1 aliphatic heterocycles. The molecule has 1 saturated heterocycles. The molecule has 0 spiro atoms. The summed E-state index contributed by atoms with van der Waals surface area (Å²) >= 11 is 5.73. The molecule has 0 radical (unpaired) electrons. The smallest absolute Gasteiger partial charge is 0.416 e. The van der Waals surface area contributed by atoms with Gasteiger partial charge in [-0.05, 0) is 30.5 Å². The summed E-state index contributed by atoms with van der Waals surface area (Å²) in [6.45, 7) is 5.96. The number of hydrogen-bond donors (Lipinski definition) is 0. The molecule has 6 heteroatoms. The summed E-state index contributed by atoms with van der Waals surface area (Å²) in [4.78, 5) is 21.2. The van der Waals surface area contributed by atoms with Gasteiger partial charge in [0.15, 0.2) is 0 Å². The molecule has 92 valence electrons. The van der Waals surface area contributed by atoms with Crippen LogP contribution in [0.2, 0.25) is 5.28 Å². The van der Waals surface area contributed by atoms with E-state index in [1.54, 1.807) is 11.0 Å². The van der Waals surface area contributed by atoms with E-state index in [4.69, 9.17) is 16.3 Å². The van der Waals surface area contributed by atoms with Crippen molar-refractivity contribution in [1.29, 1.82) is 0 Å². The Morgan fingerprint density at radius 1 is 1.53 bits per heavy atom. The second kappa shape index (κ2) is 4.49. The van der Waals surface area contributed by atoms with Gasteiger partial charge in [0.2, 0.25) is 5.28 Å². The Labute approximate surface area is 105 Å². The van der Waals surface area contributed by atoms with Crippen LogP contribution in [-0.4, -0.2) is 28.2 Å². The van der Waals surface area contributed by atoms with Crippen LogP contribution in [0.1, 0.15) is 20.8 Å². The quantitative estimate of drug-likeness (QED) is 0.762. The molecule has 0 bridgehead atoms. The Morgan fingerprint density at radius 2 is 2.24 bits per heavy atom. The van der Waals surface area contributed by atoms with Crippen molar-refractivity contribution in [2.75, 3.05) is 4.90 Å². The first-order valence-corrected chi connectivity index (χ1v) is 5.87. The standard InChI is InChI=1S/C11H14ClN3O2/c1-6(2)9-7(3)17-11(16)15(9)8-4-5-13-10(12)14-8/h4-7,9H,1-3H3/t7-,9-/m0/s1. The molecule has 0 aromatic carbocycles. The van der Waals surface area contributed by atoms with E-state index >= 15 is 0 Å². The average Bonchev–Trinajstić information content (AvgIpc) is 2.53. The topological polar surface area (TPSA) is 55.3 Å². The maximum absolute atomic E-state index is 11.8. The van der Waals surface area contributed by atoms with Crippen LogP contribution < -0.4 is 4.90 Å². The van der Waals surface area contributed by atoms with E-state index in [2.05, 4.69) is 9.97 Å². The molecule has 5 nitrogen and oxygen atoms in total. The zero-order chi connectivity index (χ0) is 12.6. The second-order valence-electron chi connectivity index (χ2n) is 4.38. The SMILES string of the molecule is CC(C)[C@H]1[C@H](C)OC(=O)N1c1ccnc(Cl)n1. The van der Waals surface area contributed by atoms with Gasteiger partial charge in [-0.3, -0.25) is 4.90 Å². The van der Waals surface area contributed by atoms with E-state index in [9.17, 15) is 4.79 Å². The van der Waals surface area contributed by atoms with Gasteiger partial charge in [0.05, 0.1) is 6.04 Å². The first kappa shape index (κ1) is 12.1. The molecule has 0 saturated carbocycles. The largest absolute Gasteiger partial charge is 0.444 e. The fourth-order valence-electron chi connectivity index (χ4n) is 2.16. The number of nitrogens with zero attached hydrogens (tertiary/aromatic N) is 3. The van der Waals surface area contributed by atoms with Gasteiger partial charge in [-0.15, -0.1) is 0 Å². The normalized spacial score (nSPS) is 24.3. The number of carbonyl (C=O) groups is 1. The summed E-state index contributed by atoms with van der Waals surface area (Å²) in [7, 11) is 0. The lowest BCUT2D eigenvalue weighted by Gasteiger charge is -2.25. The Balaban J connectivity index is 2.38. The maximum Gasteiger partial charge on any atom is 0.416 e. The molecule has 1 aromatic rings. The molecule has 17 heavy (non-hydrogen) atoms. The molecule has 2 heterocycles. The molecule has 0 N–H and O–H groups in total. The van der Waals surface area contributed by atoms with Crippen molar-refractivity contribution in [2.45, 2.75) is 32.9 Å². The number of aromatic nitrogens is 2. The third-order valence-corrected chi connectivity index (χ3v) is 2.99. The lowest BCUT2D eigenvalue weighted by molar-refractivity contribution is 0.136. The summed E-state index contributed by atoms with van der Waals surface area (Å²) in [6.07, 6.45) is 0.986. The molecule has 1 aliphatic rings. The van der Waals surface area contributed by atoms with Crippen LogP contribution in [0.15, 0.2) is 12.3 Å². The third kappa shape index (κ3) is 2.20. The zero-order valence-corrected chi connectivity index (χ0v) is 10.7. The Hall–Kier alpha value is -1.36. The lowest BCUT2D eigenvalue weighted by Crippen LogP contribution is -2.40. The van der Waals surface area contributed by atoms with Crippen molar-refractivity contribution < 1.29 is 9.53 Å². The first-order valence-electron chi connectivity index (χ1n) is 5.49. The van der Waals surface area contributed by atoms with Crippen LogP contribution in [0, 0.1) is 5.92 Å². The monoisotopic (exact) mass is 255 g/mol. The van der Waals surface area contributed by atoms with Crippen LogP contribution >= 0.6 is 11.6 Å². The van der Waals surface area contributed by atoms with Crippen LogP contribution in [-0.2, 0) is 4.74 Å². The van der Waals surface area contributed by atoms with Crippen molar-refractivity contribution in [3.05, 3.63) is 17.5 Å². The van der Waals surface area contributed by atoms with Gasteiger partial charge in [0.1, 0.15) is 11.9 Å². The summed E-state index contributed by atoms with van der Waals surface area (Å²) in [5.74, 6) is 0.753. The lowest BCUT2D eigenvalue weighted by atomic mass is 9.99. The second-order valence-corrected chi connectivity index (χ2v) is 4.72. The number of cyclic esters (lactones) is 1. The molecule has 2 rings (SSSR count). The predicted molar refractivity (Wildman–Crippen MR) is 64.1 cm³/mol. The maximum atomic E-state index is 11.8. The van der Waals surface area contributed by atoms with Crippen LogP contribution in [0.4, 0.5) is 10.6 Å². The van der Waals surface area contributed by atoms with Gasteiger partial charge in [-0.25, -0.2) is 14.8 Å². The van der Waals surface area contributed by atoms with Gasteiger partial charge >= 0.3 is 6.09 Å². The van der Waals surface area contributed by atoms with Crippen molar-refractivity contribution >= 4 is 23.5 Å². The molecule has 2 atom stereocenters. The highest BCUT2D eigenvalue weighted by atomic mass is 35.5. The summed E-state index contributed by atoms with van der Waals surface area (Å²) in [6, 6.07) is 1.62. The van der Waals surface area contributed by atoms with Crippen molar-refractivity contribution in [2.24, 2.45) is 5.92 Å². The highest BCUT2D eigenvalue weighted by molar-refractivity contribution is 6.28. The number of rotatable bonds is 2. The number of ether oxygens (including phenoxy) is 1. The van der Waals surface area contributed by atoms with Gasteiger partial charge in [-0.1, -0.05) is 13.8 Å². The molecule has 1 aromatic heterocycles. The number of anilines is 1. The molecule has 0 unspecified atom stereocenters. The number of hydrogen-bond acceptors (Lipinski definition) is 4. The minimum atomic E-state index is -0.383. The van der Waals surface area contributed by atoms with Crippen LogP contribution in [0.25, 0.3) is 0 Å². The van der Waals surface area contributed by atoms with Gasteiger partial charge in [-0.2, -0.15) is 0 Å². The Morgan fingerprint density at radius 3 is 2.82 bits per heavy atom. The van der Waals surface area contributed by atoms with E-state index in [0.717, 1.165) is 0 Å². The number of halogens is 1. The highest BCUT2D eigenvalue weighted by Gasteiger charge is 2.42. The summed E-state index contributed by atoms with van der Waals surface area (Å²) in [5, 5.41) is 0.123. The van der Waals surface area contributed by atoms with Crippen molar-refractivity contribution in [3.63, 3.8) is 0 Å². The molecule has 1 amide bonds. The Bertz CT molecular complexity index is 438. The zero-order valence-electron chi connectivity index (χ0n) is 9.92. The van der Waals surface area contributed by atoms with Crippen molar-refractivity contribution in [3.8, 4) is 0 Å². The minimum absolute atomic E-state index is 0.0338. The highest BCUT2D eigenvalue weighted by Crippen LogP contribution is 2.29. The predicted octanol–water partition coefficient (Wildman–Crippen LogP) is 2.50. The van der Waals surface area contributed by atoms with E-state index in [-0.39, 0.29) is 29.4 Å². The fraction of sp³-hybridized carbons (Fsp3) is 0.545. The molecule has 1 fully saturated rings. The first-order chi connectivity index (χ1) is 8.00. The number of carbonyl (C=O) groups excluding carboxylic acids is 1. The van der Waals surface area contributed by atoms with Crippen LogP contribution in [0.5, 0.6) is 0 Å². The molecular formula is C11H14ClN3O2. The third-order valence-electron chi connectivity index (χ3n) is 2.80. The Kier molecular flexibility index (Phi) is 3.19. The van der Waals surface area contributed by atoms with Gasteiger partial charge in [0, 0.05) is 6.20 Å². The van der Waals surface area contributed by atoms with Crippen molar-refractivity contribution in [1.82, 2.24) is 9.97 Å². The average molecular weight is 256 g/mol. The van der Waals surface area contributed by atoms with E-state index in [1.165, 1.54) is 6.20 Å². The molecule has 0 aliphatic carbocycles. The summed E-state index contributed by atoms with van der Waals surface area (Å²) in [5.41, 5.74) is 0. The number of amides is 1. The molecular weight excluding hydrogens is 242 g/mol. The van der Waals surface area contributed by atoms with Gasteiger partial charge < -0.3 is 4.74 Å². The fourth-order valence-corrected chi connectivity index (χ4v) is 2.31. The van der Waals surface area contributed by atoms with E-state index in [0.29, 0.717) is 5.82 Å². The van der Waals surface area contributed by atoms with Crippen LogP contribution in [0.3, 0.4) is 0 Å². The minimum Gasteiger partial charge on any atom is -0.444 e. The van der Waals surface area contributed by atoms with E-state index in [1.807, 2.05) is 20.8 Å². The van der Waals surface area contributed by atoms with Gasteiger partial charge in [0.25, 0.3) is 0 Å². The summed E-state index contributed by atoms with van der Waals surface area (Å²) < 4.78 is 5.23. The van der Waals surface area contributed by atoms with E-state index < -0.39 is 0 Å².